The molecule has 1 amide bonds. The second-order valence-corrected chi connectivity index (χ2v) is 8.15. The second kappa shape index (κ2) is 8.99. The van der Waals surface area contributed by atoms with Gasteiger partial charge in [-0.2, -0.15) is 5.10 Å². The summed E-state index contributed by atoms with van der Waals surface area (Å²) in [5, 5.41) is 6.98. The first kappa shape index (κ1) is 20.7. The molecule has 0 spiro atoms. The lowest BCUT2D eigenvalue weighted by Crippen LogP contribution is -2.35. The molecule has 0 aliphatic heterocycles. The number of carbonyl (C=O) groups excluding carboxylic acids is 1. The highest BCUT2D eigenvalue weighted by molar-refractivity contribution is 7.89. The summed E-state index contributed by atoms with van der Waals surface area (Å²) in [5.41, 5.74) is 1.56. The quantitative estimate of drug-likeness (QED) is 0.589. The van der Waals surface area contributed by atoms with E-state index in [9.17, 15) is 13.2 Å². The summed E-state index contributed by atoms with van der Waals surface area (Å²) in [6.45, 7) is 1.98. The van der Waals surface area contributed by atoms with Crippen molar-refractivity contribution in [3.8, 4) is 5.69 Å². The number of benzene rings is 2. The molecule has 2 aromatic carbocycles. The van der Waals surface area contributed by atoms with E-state index in [-0.39, 0.29) is 29.1 Å². The van der Waals surface area contributed by atoms with Crippen molar-refractivity contribution in [1.82, 2.24) is 14.5 Å². The monoisotopic (exact) mass is 414 g/mol. The maximum atomic E-state index is 12.4. The molecule has 0 aliphatic rings. The van der Waals surface area contributed by atoms with Crippen molar-refractivity contribution in [2.45, 2.75) is 17.9 Å². The molecule has 0 saturated carbocycles. The number of para-hydroxylation sites is 1. The lowest BCUT2D eigenvalue weighted by atomic mass is 10.3. The highest BCUT2D eigenvalue weighted by Gasteiger charge is 2.17. The Morgan fingerprint density at radius 3 is 2.45 bits per heavy atom. The Labute approximate surface area is 169 Å². The summed E-state index contributed by atoms with van der Waals surface area (Å²) in [7, 11) is -2.16. The number of nitrogens with one attached hydrogen (secondary N) is 2. The van der Waals surface area contributed by atoms with Gasteiger partial charge in [-0.05, 0) is 49.4 Å². The SMILES string of the molecule is COCC(C)NS(=O)(=O)c1ccc(NC(=O)c2ccn(-c3ccccc3)n2)cc1. The van der Waals surface area contributed by atoms with Gasteiger partial charge in [-0.3, -0.25) is 4.79 Å². The van der Waals surface area contributed by atoms with Crippen LogP contribution in [0.4, 0.5) is 5.69 Å². The minimum absolute atomic E-state index is 0.104. The number of rotatable bonds is 8. The highest BCUT2D eigenvalue weighted by Crippen LogP contribution is 2.16. The molecule has 0 aliphatic carbocycles. The molecule has 3 aromatic rings. The van der Waals surface area contributed by atoms with Crippen LogP contribution in [-0.2, 0) is 14.8 Å². The van der Waals surface area contributed by atoms with Gasteiger partial charge in [-0.15, -0.1) is 0 Å². The molecule has 2 N–H and O–H groups in total. The average molecular weight is 414 g/mol. The van der Waals surface area contributed by atoms with Crippen molar-refractivity contribution >= 4 is 21.6 Å². The predicted molar refractivity (Wildman–Crippen MR) is 110 cm³/mol. The molecule has 3 rings (SSSR count). The molecule has 152 valence electrons. The fraction of sp³-hybridized carbons (Fsp3) is 0.200. The topological polar surface area (TPSA) is 102 Å². The summed E-state index contributed by atoms with van der Waals surface area (Å²) in [4.78, 5) is 12.5. The lowest BCUT2D eigenvalue weighted by Gasteiger charge is -2.13. The number of aromatic nitrogens is 2. The number of amides is 1. The number of carbonyl (C=O) groups is 1. The zero-order valence-corrected chi connectivity index (χ0v) is 16.9. The molecule has 0 radical (unpaired) electrons. The molecular weight excluding hydrogens is 392 g/mol. The van der Waals surface area contributed by atoms with Gasteiger partial charge in [0.05, 0.1) is 17.2 Å². The summed E-state index contributed by atoms with van der Waals surface area (Å²) >= 11 is 0. The van der Waals surface area contributed by atoms with E-state index in [4.69, 9.17) is 4.74 Å². The van der Waals surface area contributed by atoms with Gasteiger partial charge in [-0.1, -0.05) is 18.2 Å². The Morgan fingerprint density at radius 1 is 1.10 bits per heavy atom. The Bertz CT molecular complexity index is 1060. The number of ether oxygens (including phenoxy) is 1. The molecule has 0 bridgehead atoms. The predicted octanol–water partition coefficient (Wildman–Crippen LogP) is 2.44. The number of anilines is 1. The van der Waals surface area contributed by atoms with Crippen LogP contribution in [0.3, 0.4) is 0 Å². The number of methoxy groups -OCH3 is 1. The van der Waals surface area contributed by atoms with Crippen molar-refractivity contribution < 1.29 is 17.9 Å². The van der Waals surface area contributed by atoms with Gasteiger partial charge in [0, 0.05) is 25.0 Å². The summed E-state index contributed by atoms with van der Waals surface area (Å²) in [5.74, 6) is -0.387. The van der Waals surface area contributed by atoms with E-state index >= 15 is 0 Å². The maximum absolute atomic E-state index is 12.4. The Balaban J connectivity index is 1.67. The minimum atomic E-state index is -3.66. The molecule has 8 nitrogen and oxygen atoms in total. The third-order valence-electron chi connectivity index (χ3n) is 4.04. The number of nitrogens with zero attached hydrogens (tertiary/aromatic N) is 2. The third-order valence-corrected chi connectivity index (χ3v) is 5.64. The van der Waals surface area contributed by atoms with Crippen LogP contribution >= 0.6 is 0 Å². The molecule has 29 heavy (non-hydrogen) atoms. The maximum Gasteiger partial charge on any atom is 0.276 e. The van der Waals surface area contributed by atoms with E-state index in [0.29, 0.717) is 5.69 Å². The van der Waals surface area contributed by atoms with Crippen molar-refractivity contribution in [2.24, 2.45) is 0 Å². The summed E-state index contributed by atoms with van der Waals surface area (Å²) in [6, 6.07) is 16.6. The van der Waals surface area contributed by atoms with Crippen LogP contribution in [-0.4, -0.2) is 43.9 Å². The van der Waals surface area contributed by atoms with Crippen LogP contribution in [0.15, 0.2) is 71.8 Å². The first-order valence-corrected chi connectivity index (χ1v) is 10.4. The van der Waals surface area contributed by atoms with Crippen molar-refractivity contribution in [2.75, 3.05) is 19.0 Å². The van der Waals surface area contributed by atoms with E-state index in [1.807, 2.05) is 30.3 Å². The Kier molecular flexibility index (Phi) is 6.42. The van der Waals surface area contributed by atoms with Crippen molar-refractivity contribution in [3.05, 3.63) is 72.6 Å². The van der Waals surface area contributed by atoms with Gasteiger partial charge in [0.2, 0.25) is 10.0 Å². The Morgan fingerprint density at radius 2 is 1.79 bits per heavy atom. The normalized spacial score (nSPS) is 12.5. The first-order valence-electron chi connectivity index (χ1n) is 8.93. The summed E-state index contributed by atoms with van der Waals surface area (Å²) < 4.78 is 33.8. The van der Waals surface area contributed by atoms with Crippen LogP contribution in [0.5, 0.6) is 0 Å². The van der Waals surface area contributed by atoms with E-state index in [1.165, 1.54) is 31.4 Å². The third kappa shape index (κ3) is 5.29. The van der Waals surface area contributed by atoms with Gasteiger partial charge in [-0.25, -0.2) is 17.8 Å². The molecule has 1 aromatic heterocycles. The lowest BCUT2D eigenvalue weighted by molar-refractivity contribution is 0.102. The standard InChI is InChI=1S/C20H22N4O4S/c1-15(14-28-2)23-29(26,27)18-10-8-16(9-11-18)21-20(25)19-12-13-24(22-19)17-6-4-3-5-7-17/h3-13,15,23H,14H2,1-2H3,(H,21,25). The Hall–Kier alpha value is -3.01. The van der Waals surface area contributed by atoms with Gasteiger partial charge < -0.3 is 10.1 Å². The van der Waals surface area contributed by atoms with Crippen molar-refractivity contribution in [1.29, 1.82) is 0 Å². The van der Waals surface area contributed by atoms with Crippen LogP contribution < -0.4 is 10.0 Å². The number of sulfonamides is 1. The number of hydrogen-bond acceptors (Lipinski definition) is 5. The minimum Gasteiger partial charge on any atom is -0.383 e. The largest absolute Gasteiger partial charge is 0.383 e. The first-order chi connectivity index (χ1) is 13.9. The average Bonchev–Trinajstić information content (AvgIpc) is 3.19. The smallest absolute Gasteiger partial charge is 0.276 e. The molecule has 1 unspecified atom stereocenters. The summed E-state index contributed by atoms with van der Waals surface area (Å²) in [6.07, 6.45) is 1.70. The van der Waals surface area contributed by atoms with E-state index in [1.54, 1.807) is 23.9 Å². The number of hydrogen-bond donors (Lipinski definition) is 2. The molecule has 9 heteroatoms. The van der Waals surface area contributed by atoms with Gasteiger partial charge in [0.1, 0.15) is 0 Å². The van der Waals surface area contributed by atoms with Crippen LogP contribution in [0, 0.1) is 0 Å². The molecule has 1 atom stereocenters. The molecule has 0 fully saturated rings. The van der Waals surface area contributed by atoms with Crippen LogP contribution in [0.2, 0.25) is 0 Å². The second-order valence-electron chi connectivity index (χ2n) is 6.44. The zero-order valence-electron chi connectivity index (χ0n) is 16.1. The van der Waals surface area contributed by atoms with E-state index in [2.05, 4.69) is 15.1 Å². The zero-order chi connectivity index (χ0) is 20.9. The van der Waals surface area contributed by atoms with Gasteiger partial charge in [0.25, 0.3) is 5.91 Å². The molecular formula is C20H22N4O4S. The van der Waals surface area contributed by atoms with Gasteiger partial charge in [0.15, 0.2) is 5.69 Å². The van der Waals surface area contributed by atoms with Crippen molar-refractivity contribution in [3.63, 3.8) is 0 Å². The highest BCUT2D eigenvalue weighted by atomic mass is 32.2. The molecule has 1 heterocycles. The molecule has 0 saturated heterocycles. The fourth-order valence-electron chi connectivity index (χ4n) is 2.70. The fourth-order valence-corrected chi connectivity index (χ4v) is 3.93. The van der Waals surface area contributed by atoms with E-state index in [0.717, 1.165) is 5.69 Å². The van der Waals surface area contributed by atoms with Gasteiger partial charge >= 0.3 is 0 Å². The van der Waals surface area contributed by atoms with E-state index < -0.39 is 10.0 Å². The van der Waals surface area contributed by atoms with Crippen LogP contribution in [0.1, 0.15) is 17.4 Å². The van der Waals surface area contributed by atoms with Crippen LogP contribution in [0.25, 0.3) is 5.69 Å².